The molecule has 0 radical (unpaired) electrons. The van der Waals surface area contributed by atoms with Crippen molar-refractivity contribution < 1.29 is 4.79 Å². The lowest BCUT2D eigenvalue weighted by molar-refractivity contribution is -0.121. The highest BCUT2D eigenvalue weighted by atomic mass is 16.2. The van der Waals surface area contributed by atoms with Gasteiger partial charge in [-0.25, -0.2) is 0 Å². The quantitative estimate of drug-likeness (QED) is 0.873. The second-order valence-corrected chi connectivity index (χ2v) is 6.00. The molecule has 0 aliphatic rings. The van der Waals surface area contributed by atoms with Crippen molar-refractivity contribution in [1.29, 1.82) is 5.26 Å². The second kappa shape index (κ2) is 7.80. The third-order valence-corrected chi connectivity index (χ3v) is 3.78. The Kier molecular flexibility index (Phi) is 6.39. The van der Waals surface area contributed by atoms with E-state index < -0.39 is 0 Å². The lowest BCUT2D eigenvalue weighted by Gasteiger charge is -2.31. The largest absolute Gasteiger partial charge is 0.325 e. The Labute approximate surface area is 127 Å². The van der Waals surface area contributed by atoms with Crippen LogP contribution in [0.25, 0.3) is 0 Å². The normalized spacial score (nSPS) is 13.8. The number of hydrogen-bond acceptors (Lipinski definition) is 3. The van der Waals surface area contributed by atoms with Crippen molar-refractivity contribution in [2.45, 2.75) is 46.2 Å². The summed E-state index contributed by atoms with van der Waals surface area (Å²) in [5, 5.41) is 11.7. The summed E-state index contributed by atoms with van der Waals surface area (Å²) in [5.41, 5.74) is 1.31. The van der Waals surface area contributed by atoms with Gasteiger partial charge in [-0.1, -0.05) is 13.8 Å². The standard InChI is InChI=1S/C17H25N3O/c1-12(2)10-13(3)20(5)14(4)17(21)19-16-8-6-15(11-18)7-9-16/h6-9,12-14H,10H2,1-5H3,(H,19,21). The molecule has 0 saturated carbocycles. The molecule has 0 fully saturated rings. The molecule has 4 nitrogen and oxygen atoms in total. The van der Waals surface area contributed by atoms with Gasteiger partial charge in [-0.2, -0.15) is 5.26 Å². The van der Waals surface area contributed by atoms with Gasteiger partial charge in [-0.15, -0.1) is 0 Å². The van der Waals surface area contributed by atoms with Gasteiger partial charge in [0.05, 0.1) is 17.7 Å². The first kappa shape index (κ1) is 17.2. The van der Waals surface area contributed by atoms with E-state index in [1.807, 2.05) is 14.0 Å². The van der Waals surface area contributed by atoms with Crippen LogP contribution >= 0.6 is 0 Å². The number of nitrogens with one attached hydrogen (secondary N) is 1. The van der Waals surface area contributed by atoms with Crippen LogP contribution in [0.4, 0.5) is 5.69 Å². The Balaban J connectivity index is 2.63. The highest BCUT2D eigenvalue weighted by Crippen LogP contribution is 2.14. The lowest BCUT2D eigenvalue weighted by atomic mass is 10.0. The number of amides is 1. The van der Waals surface area contributed by atoms with E-state index in [2.05, 4.69) is 37.1 Å². The van der Waals surface area contributed by atoms with Crippen LogP contribution in [0.15, 0.2) is 24.3 Å². The van der Waals surface area contributed by atoms with Gasteiger partial charge in [0.25, 0.3) is 0 Å². The van der Waals surface area contributed by atoms with Gasteiger partial charge >= 0.3 is 0 Å². The van der Waals surface area contributed by atoms with Crippen LogP contribution in [-0.4, -0.2) is 29.9 Å². The number of anilines is 1. The molecular formula is C17H25N3O. The molecule has 21 heavy (non-hydrogen) atoms. The SMILES string of the molecule is CC(C)CC(C)N(C)C(C)C(=O)Nc1ccc(C#N)cc1. The average molecular weight is 287 g/mol. The molecule has 4 heteroatoms. The van der Waals surface area contributed by atoms with Gasteiger partial charge in [-0.05, 0) is 57.5 Å². The van der Waals surface area contributed by atoms with Gasteiger partial charge in [0.2, 0.25) is 5.91 Å². The summed E-state index contributed by atoms with van der Waals surface area (Å²) in [4.78, 5) is 14.4. The van der Waals surface area contributed by atoms with Crippen molar-refractivity contribution in [3.63, 3.8) is 0 Å². The van der Waals surface area contributed by atoms with Gasteiger partial charge in [0, 0.05) is 11.7 Å². The highest BCUT2D eigenvalue weighted by molar-refractivity contribution is 5.94. The van der Waals surface area contributed by atoms with E-state index in [9.17, 15) is 4.79 Å². The first-order valence-electron chi connectivity index (χ1n) is 7.38. The average Bonchev–Trinajstić information content (AvgIpc) is 2.45. The lowest BCUT2D eigenvalue weighted by Crippen LogP contribution is -2.44. The smallest absolute Gasteiger partial charge is 0.241 e. The Hall–Kier alpha value is -1.86. The zero-order valence-electron chi connectivity index (χ0n) is 13.6. The number of likely N-dealkylation sites (N-methyl/N-ethyl adjacent to an activating group) is 1. The van der Waals surface area contributed by atoms with Crippen LogP contribution < -0.4 is 5.32 Å². The van der Waals surface area contributed by atoms with Crippen molar-refractivity contribution >= 4 is 11.6 Å². The topological polar surface area (TPSA) is 56.1 Å². The van der Waals surface area contributed by atoms with Gasteiger partial charge in [0.1, 0.15) is 0 Å². The molecule has 1 rings (SSSR count). The number of hydrogen-bond donors (Lipinski definition) is 1. The maximum Gasteiger partial charge on any atom is 0.241 e. The van der Waals surface area contributed by atoms with Crippen LogP contribution in [0.5, 0.6) is 0 Å². The molecule has 2 unspecified atom stereocenters. The zero-order valence-corrected chi connectivity index (χ0v) is 13.6. The minimum absolute atomic E-state index is 0.0298. The molecule has 0 spiro atoms. The van der Waals surface area contributed by atoms with Crippen molar-refractivity contribution in [1.82, 2.24) is 4.90 Å². The van der Waals surface area contributed by atoms with E-state index in [4.69, 9.17) is 5.26 Å². The fourth-order valence-corrected chi connectivity index (χ4v) is 2.29. The summed E-state index contributed by atoms with van der Waals surface area (Å²) in [6, 6.07) is 9.12. The predicted molar refractivity (Wildman–Crippen MR) is 85.9 cm³/mol. The van der Waals surface area contributed by atoms with E-state index in [-0.39, 0.29) is 11.9 Å². The third-order valence-electron chi connectivity index (χ3n) is 3.78. The zero-order chi connectivity index (χ0) is 16.0. The van der Waals surface area contributed by atoms with Crippen molar-refractivity contribution in [2.24, 2.45) is 5.92 Å². The Morgan fingerprint density at radius 2 is 1.81 bits per heavy atom. The Morgan fingerprint density at radius 3 is 2.29 bits per heavy atom. The van der Waals surface area contributed by atoms with E-state index >= 15 is 0 Å². The Morgan fingerprint density at radius 1 is 1.24 bits per heavy atom. The van der Waals surface area contributed by atoms with Crippen molar-refractivity contribution in [3.8, 4) is 6.07 Å². The van der Waals surface area contributed by atoms with E-state index in [1.54, 1.807) is 24.3 Å². The van der Waals surface area contributed by atoms with Gasteiger partial charge < -0.3 is 5.32 Å². The van der Waals surface area contributed by atoms with Crippen LogP contribution in [0.3, 0.4) is 0 Å². The second-order valence-electron chi connectivity index (χ2n) is 6.00. The molecule has 0 aromatic heterocycles. The molecule has 1 N–H and O–H groups in total. The maximum absolute atomic E-state index is 12.3. The molecule has 0 heterocycles. The molecule has 114 valence electrons. The molecule has 0 aliphatic carbocycles. The summed E-state index contributed by atoms with van der Waals surface area (Å²) >= 11 is 0. The molecule has 0 bridgehead atoms. The van der Waals surface area contributed by atoms with E-state index in [0.717, 1.165) is 12.1 Å². The van der Waals surface area contributed by atoms with Crippen LogP contribution in [0, 0.1) is 17.2 Å². The summed E-state index contributed by atoms with van der Waals surface area (Å²) in [6.07, 6.45) is 1.06. The predicted octanol–water partition coefficient (Wildman–Crippen LogP) is 3.25. The monoisotopic (exact) mass is 287 g/mol. The van der Waals surface area contributed by atoms with Crippen LogP contribution in [0.2, 0.25) is 0 Å². The molecule has 1 aromatic rings. The van der Waals surface area contributed by atoms with Crippen molar-refractivity contribution in [2.75, 3.05) is 12.4 Å². The first-order valence-corrected chi connectivity index (χ1v) is 7.38. The summed E-state index contributed by atoms with van der Waals surface area (Å²) in [6.45, 7) is 8.43. The fourth-order valence-electron chi connectivity index (χ4n) is 2.29. The number of benzene rings is 1. The van der Waals surface area contributed by atoms with Crippen molar-refractivity contribution in [3.05, 3.63) is 29.8 Å². The van der Waals surface area contributed by atoms with Gasteiger partial charge in [0.15, 0.2) is 0 Å². The molecule has 1 amide bonds. The molecule has 2 atom stereocenters. The highest BCUT2D eigenvalue weighted by Gasteiger charge is 2.22. The Bertz CT molecular complexity index is 502. The summed E-state index contributed by atoms with van der Waals surface area (Å²) < 4.78 is 0. The number of carbonyl (C=O) groups excluding carboxylic acids is 1. The third kappa shape index (κ3) is 5.20. The van der Waals surface area contributed by atoms with Crippen LogP contribution in [-0.2, 0) is 4.79 Å². The number of carbonyl (C=O) groups is 1. The maximum atomic E-state index is 12.3. The molecule has 0 saturated heterocycles. The van der Waals surface area contributed by atoms with Gasteiger partial charge in [-0.3, -0.25) is 9.69 Å². The minimum atomic E-state index is -0.200. The van der Waals surface area contributed by atoms with Crippen LogP contribution in [0.1, 0.15) is 39.7 Å². The number of nitriles is 1. The molecule has 0 aliphatic heterocycles. The first-order chi connectivity index (χ1) is 9.85. The van der Waals surface area contributed by atoms with E-state index in [1.165, 1.54) is 0 Å². The van der Waals surface area contributed by atoms with E-state index in [0.29, 0.717) is 17.5 Å². The molecular weight excluding hydrogens is 262 g/mol. The fraction of sp³-hybridized carbons (Fsp3) is 0.529. The number of rotatable bonds is 6. The molecule has 1 aromatic carbocycles. The minimum Gasteiger partial charge on any atom is -0.325 e. The number of nitrogens with zero attached hydrogens (tertiary/aromatic N) is 2. The summed E-state index contributed by atoms with van der Waals surface area (Å²) in [7, 11) is 1.98. The summed E-state index contributed by atoms with van der Waals surface area (Å²) in [5.74, 6) is 0.578.